The van der Waals surface area contributed by atoms with E-state index >= 15 is 0 Å². The zero-order chi connectivity index (χ0) is 16.5. The molecule has 0 saturated carbocycles. The van der Waals surface area contributed by atoms with E-state index in [9.17, 15) is 4.79 Å². The molecule has 0 aliphatic heterocycles. The Labute approximate surface area is 147 Å². The average molecular weight is 377 g/mol. The van der Waals surface area contributed by atoms with Gasteiger partial charge >= 0.3 is 5.97 Å². The normalized spacial score (nSPS) is 10.9. The highest BCUT2D eigenvalue weighted by Crippen LogP contribution is 2.28. The van der Waals surface area contributed by atoms with E-state index in [1.807, 2.05) is 72.8 Å². The van der Waals surface area contributed by atoms with Crippen LogP contribution in [0.25, 0.3) is 21.5 Å². The number of fused-ring (bicyclic) bond motifs is 2. The van der Waals surface area contributed by atoms with Gasteiger partial charge in [-0.2, -0.15) is 0 Å². The first kappa shape index (κ1) is 14.9. The van der Waals surface area contributed by atoms with Crippen molar-refractivity contribution in [3.8, 4) is 5.75 Å². The van der Waals surface area contributed by atoms with Crippen LogP contribution in [0.2, 0.25) is 0 Å². The van der Waals surface area contributed by atoms with Crippen LogP contribution in [0.15, 0.2) is 83.3 Å². The molecule has 0 N–H and O–H groups in total. The topological polar surface area (TPSA) is 26.3 Å². The third-order valence-electron chi connectivity index (χ3n) is 4.02. The fraction of sp³-hybridized carbons (Fsp3) is 0. The average Bonchev–Trinajstić information content (AvgIpc) is 2.61. The summed E-state index contributed by atoms with van der Waals surface area (Å²) in [4.78, 5) is 12.6. The number of hydrogen-bond acceptors (Lipinski definition) is 2. The minimum atomic E-state index is -0.346. The van der Waals surface area contributed by atoms with E-state index in [1.165, 1.54) is 0 Å². The molecule has 4 aromatic rings. The van der Waals surface area contributed by atoms with Crippen LogP contribution in [-0.4, -0.2) is 5.97 Å². The van der Waals surface area contributed by atoms with Gasteiger partial charge in [-0.1, -0.05) is 64.5 Å². The van der Waals surface area contributed by atoms with E-state index in [4.69, 9.17) is 4.74 Å². The van der Waals surface area contributed by atoms with Gasteiger partial charge in [0.25, 0.3) is 0 Å². The molecule has 0 unspecified atom stereocenters. The lowest BCUT2D eigenvalue weighted by Gasteiger charge is -2.08. The van der Waals surface area contributed by atoms with Crippen LogP contribution in [0, 0.1) is 0 Å². The van der Waals surface area contributed by atoms with Crippen LogP contribution < -0.4 is 4.74 Å². The molecule has 0 heterocycles. The Morgan fingerprint density at radius 1 is 0.750 bits per heavy atom. The quantitative estimate of drug-likeness (QED) is 0.318. The summed E-state index contributed by atoms with van der Waals surface area (Å²) >= 11 is 3.53. The van der Waals surface area contributed by atoms with Gasteiger partial charge in [0.2, 0.25) is 0 Å². The smallest absolute Gasteiger partial charge is 0.344 e. The van der Waals surface area contributed by atoms with Crippen LogP contribution >= 0.6 is 15.9 Å². The highest BCUT2D eigenvalue weighted by Gasteiger charge is 2.12. The summed E-state index contributed by atoms with van der Waals surface area (Å²) in [7, 11) is 0. The molecule has 0 aromatic heterocycles. The summed E-state index contributed by atoms with van der Waals surface area (Å²) in [6.45, 7) is 0. The molecule has 0 spiro atoms. The van der Waals surface area contributed by atoms with Gasteiger partial charge < -0.3 is 4.74 Å². The van der Waals surface area contributed by atoms with Crippen LogP contribution in [-0.2, 0) is 0 Å². The van der Waals surface area contributed by atoms with Crippen LogP contribution in [0.5, 0.6) is 5.75 Å². The zero-order valence-corrected chi connectivity index (χ0v) is 14.3. The number of hydrogen-bond donors (Lipinski definition) is 0. The van der Waals surface area contributed by atoms with Crippen molar-refractivity contribution in [3.05, 3.63) is 88.9 Å². The predicted octanol–water partition coefficient (Wildman–Crippen LogP) is 5.97. The number of carbonyl (C=O) groups is 1. The molecule has 0 atom stereocenters. The molecular weight excluding hydrogens is 364 g/mol. The summed E-state index contributed by atoms with van der Waals surface area (Å²) in [6, 6.07) is 25.0. The highest BCUT2D eigenvalue weighted by molar-refractivity contribution is 9.10. The molecule has 0 radical (unpaired) electrons. The van der Waals surface area contributed by atoms with Gasteiger partial charge in [-0.15, -0.1) is 0 Å². The van der Waals surface area contributed by atoms with E-state index in [0.29, 0.717) is 11.3 Å². The Morgan fingerprint density at radius 3 is 2.42 bits per heavy atom. The lowest BCUT2D eigenvalue weighted by atomic mass is 10.0. The molecule has 2 nitrogen and oxygen atoms in total. The molecule has 24 heavy (non-hydrogen) atoms. The van der Waals surface area contributed by atoms with Crippen molar-refractivity contribution in [1.29, 1.82) is 0 Å². The maximum Gasteiger partial charge on any atom is 0.344 e. The Kier molecular flexibility index (Phi) is 3.79. The van der Waals surface area contributed by atoms with Gasteiger partial charge in [0, 0.05) is 4.47 Å². The minimum absolute atomic E-state index is 0.346. The number of esters is 1. The van der Waals surface area contributed by atoms with E-state index < -0.39 is 0 Å². The summed E-state index contributed by atoms with van der Waals surface area (Å²) in [5, 5.41) is 4.03. The molecular formula is C21H13BrO2. The Balaban J connectivity index is 1.71. The molecule has 0 bridgehead atoms. The molecule has 116 valence electrons. The van der Waals surface area contributed by atoms with Crippen LogP contribution in [0.1, 0.15) is 10.4 Å². The van der Waals surface area contributed by atoms with Gasteiger partial charge in [-0.05, 0) is 51.9 Å². The summed E-state index contributed by atoms with van der Waals surface area (Å²) in [5.41, 5.74) is 0.572. The number of carbonyl (C=O) groups excluding carboxylic acids is 1. The number of rotatable bonds is 2. The van der Waals surface area contributed by atoms with Gasteiger partial charge in [0.15, 0.2) is 0 Å². The second-order valence-electron chi connectivity index (χ2n) is 5.54. The third-order valence-corrected chi connectivity index (χ3v) is 4.71. The summed E-state index contributed by atoms with van der Waals surface area (Å²) in [5.74, 6) is 0.194. The number of halogens is 1. The Hall–Kier alpha value is -2.65. The Bertz CT molecular complexity index is 1060. The van der Waals surface area contributed by atoms with Crippen molar-refractivity contribution in [2.45, 2.75) is 0 Å². The van der Waals surface area contributed by atoms with Crippen LogP contribution in [0.3, 0.4) is 0 Å². The lowest BCUT2D eigenvalue weighted by molar-refractivity contribution is 0.0737. The predicted molar refractivity (Wildman–Crippen MR) is 101 cm³/mol. The third kappa shape index (κ3) is 2.68. The Morgan fingerprint density at radius 2 is 1.50 bits per heavy atom. The zero-order valence-electron chi connectivity index (χ0n) is 12.7. The van der Waals surface area contributed by atoms with Crippen molar-refractivity contribution in [3.63, 3.8) is 0 Å². The largest absolute Gasteiger partial charge is 0.423 e. The standard InChI is InChI=1S/C21H13BrO2/c22-20-10-4-7-15-13-16(11-12-18(15)20)24-21(23)19-9-3-6-14-5-1-2-8-17(14)19/h1-13H. The van der Waals surface area contributed by atoms with Gasteiger partial charge in [0.05, 0.1) is 5.56 Å². The molecule has 0 fully saturated rings. The maximum atomic E-state index is 12.6. The van der Waals surface area contributed by atoms with Crippen molar-refractivity contribution in [2.24, 2.45) is 0 Å². The first-order chi connectivity index (χ1) is 11.7. The van der Waals surface area contributed by atoms with Gasteiger partial charge in [-0.3, -0.25) is 0 Å². The molecule has 0 aliphatic carbocycles. The molecule has 0 aliphatic rings. The van der Waals surface area contributed by atoms with E-state index in [-0.39, 0.29) is 5.97 Å². The van der Waals surface area contributed by atoms with Crippen molar-refractivity contribution in [2.75, 3.05) is 0 Å². The molecule has 0 amide bonds. The number of benzene rings is 4. The highest BCUT2D eigenvalue weighted by atomic mass is 79.9. The lowest BCUT2D eigenvalue weighted by Crippen LogP contribution is -2.09. The fourth-order valence-electron chi connectivity index (χ4n) is 2.85. The monoisotopic (exact) mass is 376 g/mol. The molecule has 0 saturated heterocycles. The van der Waals surface area contributed by atoms with E-state index in [1.54, 1.807) is 6.07 Å². The maximum absolute atomic E-state index is 12.6. The first-order valence-corrected chi connectivity index (χ1v) is 8.40. The van der Waals surface area contributed by atoms with Gasteiger partial charge in [-0.25, -0.2) is 4.79 Å². The SMILES string of the molecule is O=C(Oc1ccc2c(Br)cccc2c1)c1cccc2ccccc12. The van der Waals surface area contributed by atoms with Crippen molar-refractivity contribution >= 4 is 43.4 Å². The second kappa shape index (κ2) is 6.10. The second-order valence-corrected chi connectivity index (χ2v) is 6.39. The number of ether oxygens (including phenoxy) is 1. The van der Waals surface area contributed by atoms with Crippen molar-refractivity contribution < 1.29 is 9.53 Å². The molecule has 4 aromatic carbocycles. The summed E-state index contributed by atoms with van der Waals surface area (Å²) in [6.07, 6.45) is 0. The summed E-state index contributed by atoms with van der Waals surface area (Å²) < 4.78 is 6.62. The van der Waals surface area contributed by atoms with Crippen LogP contribution in [0.4, 0.5) is 0 Å². The van der Waals surface area contributed by atoms with E-state index in [0.717, 1.165) is 26.0 Å². The fourth-order valence-corrected chi connectivity index (χ4v) is 3.36. The van der Waals surface area contributed by atoms with Crippen molar-refractivity contribution in [1.82, 2.24) is 0 Å². The minimum Gasteiger partial charge on any atom is -0.423 e. The van der Waals surface area contributed by atoms with Gasteiger partial charge in [0.1, 0.15) is 5.75 Å². The first-order valence-electron chi connectivity index (χ1n) is 7.60. The van der Waals surface area contributed by atoms with E-state index in [2.05, 4.69) is 15.9 Å². The molecule has 3 heteroatoms. The molecule has 4 rings (SSSR count).